The van der Waals surface area contributed by atoms with Gasteiger partial charge in [0, 0.05) is 29.6 Å². The summed E-state index contributed by atoms with van der Waals surface area (Å²) >= 11 is 3.42. The highest BCUT2D eigenvalue weighted by Gasteiger charge is 2.24. The summed E-state index contributed by atoms with van der Waals surface area (Å²) in [5.41, 5.74) is 1.12. The first-order chi connectivity index (χ1) is 8.04. The van der Waals surface area contributed by atoms with E-state index in [2.05, 4.69) is 27.5 Å². The molecule has 2 rings (SSSR count). The molecule has 0 N–H and O–H groups in total. The van der Waals surface area contributed by atoms with Crippen molar-refractivity contribution in [3.63, 3.8) is 0 Å². The Balaban J connectivity index is 2.04. The van der Waals surface area contributed by atoms with Gasteiger partial charge in [-0.05, 0) is 35.3 Å². The minimum absolute atomic E-state index is 0.110. The van der Waals surface area contributed by atoms with Crippen molar-refractivity contribution in [3.05, 3.63) is 34.6 Å². The van der Waals surface area contributed by atoms with Gasteiger partial charge in [-0.25, -0.2) is 4.98 Å². The van der Waals surface area contributed by atoms with Crippen LogP contribution in [-0.4, -0.2) is 17.2 Å². The van der Waals surface area contributed by atoms with Crippen LogP contribution in [0, 0.1) is 6.92 Å². The van der Waals surface area contributed by atoms with Crippen molar-refractivity contribution in [2.45, 2.75) is 38.9 Å². The van der Waals surface area contributed by atoms with Crippen LogP contribution < -0.4 is 4.74 Å². The maximum atomic E-state index is 5.86. The van der Waals surface area contributed by atoms with Crippen LogP contribution in [0.3, 0.4) is 0 Å². The van der Waals surface area contributed by atoms with E-state index in [4.69, 9.17) is 9.47 Å². The Morgan fingerprint density at radius 2 is 2.35 bits per heavy atom. The number of nitrogens with zero attached hydrogens (tertiary/aromatic N) is 1. The van der Waals surface area contributed by atoms with E-state index in [9.17, 15) is 0 Å². The Kier molecular flexibility index (Phi) is 3.72. The number of aryl methyl sites for hydroxylation is 1. The van der Waals surface area contributed by atoms with E-state index in [1.54, 1.807) is 6.20 Å². The summed E-state index contributed by atoms with van der Waals surface area (Å²) in [6.07, 6.45) is 3.65. The zero-order valence-corrected chi connectivity index (χ0v) is 11.7. The van der Waals surface area contributed by atoms with Gasteiger partial charge in [0.1, 0.15) is 6.10 Å². The van der Waals surface area contributed by atoms with Crippen LogP contribution in [0.15, 0.2) is 29.1 Å². The van der Waals surface area contributed by atoms with Gasteiger partial charge in [-0.2, -0.15) is 0 Å². The largest absolute Gasteiger partial charge is 0.495 e. The van der Waals surface area contributed by atoms with Crippen molar-refractivity contribution in [1.29, 1.82) is 0 Å². The Labute approximate surface area is 110 Å². The summed E-state index contributed by atoms with van der Waals surface area (Å²) in [6.45, 7) is 7.90. The summed E-state index contributed by atoms with van der Waals surface area (Å²) in [7, 11) is 0. The number of rotatable bonds is 2. The van der Waals surface area contributed by atoms with Crippen LogP contribution in [0.4, 0.5) is 0 Å². The average molecular weight is 298 g/mol. The average Bonchev–Trinajstić information content (AvgIpc) is 2.22. The molecule has 0 saturated carbocycles. The minimum Gasteiger partial charge on any atom is -0.495 e. The number of aromatic nitrogens is 1. The molecule has 4 heteroatoms. The molecule has 17 heavy (non-hydrogen) atoms. The first-order valence-corrected chi connectivity index (χ1v) is 6.47. The zero-order chi connectivity index (χ0) is 12.4. The van der Waals surface area contributed by atoms with Crippen LogP contribution in [0.25, 0.3) is 0 Å². The molecule has 1 aliphatic rings. The first kappa shape index (κ1) is 12.4. The van der Waals surface area contributed by atoms with Gasteiger partial charge in [0.15, 0.2) is 0 Å². The second kappa shape index (κ2) is 5.08. The molecule has 2 atom stereocenters. The third-order valence-electron chi connectivity index (χ3n) is 2.73. The molecule has 1 aromatic rings. The van der Waals surface area contributed by atoms with Crippen molar-refractivity contribution >= 4 is 15.9 Å². The fourth-order valence-corrected chi connectivity index (χ4v) is 2.14. The third kappa shape index (κ3) is 3.22. The van der Waals surface area contributed by atoms with E-state index in [1.807, 2.05) is 19.9 Å². The fourth-order valence-electron chi connectivity index (χ4n) is 1.93. The van der Waals surface area contributed by atoms with Crippen molar-refractivity contribution in [2.75, 3.05) is 0 Å². The number of pyridine rings is 1. The monoisotopic (exact) mass is 297 g/mol. The number of ether oxygens (including phenoxy) is 2. The Hall–Kier alpha value is -1.03. The minimum atomic E-state index is 0.110. The van der Waals surface area contributed by atoms with Gasteiger partial charge in [0.2, 0.25) is 5.88 Å². The molecular weight excluding hydrogens is 282 g/mol. The van der Waals surface area contributed by atoms with Gasteiger partial charge in [-0.15, -0.1) is 0 Å². The predicted molar refractivity (Wildman–Crippen MR) is 70.0 cm³/mol. The van der Waals surface area contributed by atoms with Crippen molar-refractivity contribution in [3.8, 4) is 5.88 Å². The van der Waals surface area contributed by atoms with Crippen LogP contribution in [-0.2, 0) is 4.74 Å². The number of halogens is 1. The lowest BCUT2D eigenvalue weighted by atomic mass is 10.1. The van der Waals surface area contributed by atoms with E-state index in [1.165, 1.54) is 0 Å². The van der Waals surface area contributed by atoms with Gasteiger partial charge >= 0.3 is 0 Å². The predicted octanol–water partition coefficient (Wildman–Crippen LogP) is 3.61. The molecule has 1 fully saturated rings. The van der Waals surface area contributed by atoms with E-state index in [0.29, 0.717) is 5.88 Å². The van der Waals surface area contributed by atoms with E-state index >= 15 is 0 Å². The molecule has 2 heterocycles. The van der Waals surface area contributed by atoms with Crippen molar-refractivity contribution in [1.82, 2.24) is 4.98 Å². The highest BCUT2D eigenvalue weighted by atomic mass is 79.9. The second-order valence-corrected chi connectivity index (χ2v) is 5.27. The Morgan fingerprint density at radius 1 is 1.59 bits per heavy atom. The van der Waals surface area contributed by atoms with E-state index in [-0.39, 0.29) is 12.2 Å². The molecule has 0 radical (unpaired) electrons. The molecule has 3 nitrogen and oxygen atoms in total. The lowest BCUT2D eigenvalue weighted by molar-refractivity contribution is 0.0209. The lowest BCUT2D eigenvalue weighted by Crippen LogP contribution is -2.29. The van der Waals surface area contributed by atoms with Crippen LogP contribution in [0.1, 0.15) is 25.3 Å². The van der Waals surface area contributed by atoms with Gasteiger partial charge < -0.3 is 9.47 Å². The standard InChI is InChI=1S/C13H16BrNO2/c1-8-4-13(15-7-12(8)14)17-11-5-9(2)16-10(3)6-11/h4,7,10-11H,2,5-6H2,1,3H3/t10-,11+/m1/s1. The molecule has 0 amide bonds. The summed E-state index contributed by atoms with van der Waals surface area (Å²) in [5, 5.41) is 0. The van der Waals surface area contributed by atoms with Crippen LogP contribution >= 0.6 is 15.9 Å². The molecule has 0 unspecified atom stereocenters. The van der Waals surface area contributed by atoms with Crippen LogP contribution in [0.2, 0.25) is 0 Å². The maximum absolute atomic E-state index is 5.86. The maximum Gasteiger partial charge on any atom is 0.213 e. The van der Waals surface area contributed by atoms with Gasteiger partial charge in [0.05, 0.1) is 11.9 Å². The third-order valence-corrected chi connectivity index (χ3v) is 3.56. The number of hydrogen-bond acceptors (Lipinski definition) is 3. The normalized spacial score (nSPS) is 24.3. The fraction of sp³-hybridized carbons (Fsp3) is 0.462. The summed E-state index contributed by atoms with van der Waals surface area (Å²) in [4.78, 5) is 4.24. The molecule has 92 valence electrons. The Bertz CT molecular complexity index is 433. The summed E-state index contributed by atoms with van der Waals surface area (Å²) in [6, 6.07) is 1.94. The summed E-state index contributed by atoms with van der Waals surface area (Å²) < 4.78 is 12.3. The smallest absolute Gasteiger partial charge is 0.213 e. The molecular formula is C13H16BrNO2. The van der Waals surface area contributed by atoms with Gasteiger partial charge in [0.25, 0.3) is 0 Å². The molecule has 1 aromatic heterocycles. The zero-order valence-electron chi connectivity index (χ0n) is 10.1. The molecule has 0 aliphatic carbocycles. The first-order valence-electron chi connectivity index (χ1n) is 5.68. The molecule has 1 saturated heterocycles. The topological polar surface area (TPSA) is 31.4 Å². The molecule has 0 spiro atoms. The van der Waals surface area contributed by atoms with E-state index in [0.717, 1.165) is 28.6 Å². The quantitative estimate of drug-likeness (QED) is 0.835. The summed E-state index contributed by atoms with van der Waals surface area (Å²) in [5.74, 6) is 1.46. The molecule has 0 aromatic carbocycles. The highest BCUT2D eigenvalue weighted by Crippen LogP contribution is 2.26. The number of hydrogen-bond donors (Lipinski definition) is 0. The molecule has 0 bridgehead atoms. The van der Waals surface area contributed by atoms with Crippen molar-refractivity contribution < 1.29 is 9.47 Å². The lowest BCUT2D eigenvalue weighted by Gasteiger charge is -2.29. The van der Waals surface area contributed by atoms with Gasteiger partial charge in [-0.3, -0.25) is 0 Å². The second-order valence-electron chi connectivity index (χ2n) is 4.42. The van der Waals surface area contributed by atoms with Crippen LogP contribution in [0.5, 0.6) is 5.88 Å². The SMILES string of the molecule is C=C1C[C@H](Oc2cc(C)c(Br)cn2)C[C@@H](C)O1. The molecule has 1 aliphatic heterocycles. The van der Waals surface area contributed by atoms with E-state index < -0.39 is 0 Å². The van der Waals surface area contributed by atoms with Crippen molar-refractivity contribution in [2.24, 2.45) is 0 Å². The van der Waals surface area contributed by atoms with Gasteiger partial charge in [-0.1, -0.05) is 6.58 Å². The Morgan fingerprint density at radius 3 is 3.00 bits per heavy atom. The highest BCUT2D eigenvalue weighted by molar-refractivity contribution is 9.10.